The van der Waals surface area contributed by atoms with Crippen LogP contribution in [-0.4, -0.2) is 23.4 Å². The van der Waals surface area contributed by atoms with Gasteiger partial charge in [-0.2, -0.15) is 5.10 Å². The third-order valence-corrected chi connectivity index (χ3v) is 2.61. The molecule has 0 atom stereocenters. The minimum absolute atomic E-state index is 0.897. The first-order valence-electron chi connectivity index (χ1n) is 5.63. The molecule has 1 aromatic heterocycles. The van der Waals surface area contributed by atoms with Gasteiger partial charge in [0.2, 0.25) is 0 Å². The lowest BCUT2D eigenvalue weighted by Gasteiger charge is -2.05. The van der Waals surface area contributed by atoms with Crippen LogP contribution < -0.4 is 10.1 Å². The molecule has 0 amide bonds. The highest BCUT2D eigenvalue weighted by Gasteiger charge is 1.96. The van der Waals surface area contributed by atoms with Crippen LogP contribution in [0.15, 0.2) is 36.7 Å². The number of aryl methyl sites for hydroxylation is 1. The van der Waals surface area contributed by atoms with Gasteiger partial charge in [0.25, 0.3) is 0 Å². The Kier molecular flexibility index (Phi) is 3.65. The molecule has 2 rings (SSSR count). The van der Waals surface area contributed by atoms with Gasteiger partial charge in [0, 0.05) is 19.8 Å². The van der Waals surface area contributed by atoms with E-state index in [0.717, 1.165) is 24.4 Å². The summed E-state index contributed by atoms with van der Waals surface area (Å²) in [5.74, 6) is 0.897. The van der Waals surface area contributed by atoms with Gasteiger partial charge >= 0.3 is 0 Å². The standard InChI is InChI=1S/C13H17N3O/c1-16-10-12(9-15-16)14-8-7-11-3-5-13(17-2)6-4-11/h3-6,9-10,14H,7-8H2,1-2H3. The van der Waals surface area contributed by atoms with Crippen LogP contribution in [-0.2, 0) is 13.5 Å². The summed E-state index contributed by atoms with van der Waals surface area (Å²) in [6.07, 6.45) is 4.78. The number of ether oxygens (including phenoxy) is 1. The molecule has 0 spiro atoms. The van der Waals surface area contributed by atoms with Gasteiger partial charge in [-0.25, -0.2) is 0 Å². The third kappa shape index (κ3) is 3.24. The molecule has 4 nitrogen and oxygen atoms in total. The second-order valence-electron chi connectivity index (χ2n) is 3.93. The van der Waals surface area contributed by atoms with E-state index in [0.29, 0.717) is 0 Å². The smallest absolute Gasteiger partial charge is 0.118 e. The Morgan fingerprint density at radius 1 is 1.29 bits per heavy atom. The Morgan fingerprint density at radius 2 is 2.06 bits per heavy atom. The summed E-state index contributed by atoms with van der Waals surface area (Å²) < 4.78 is 6.91. The molecule has 0 bridgehead atoms. The van der Waals surface area contributed by atoms with Gasteiger partial charge in [0.15, 0.2) is 0 Å². The number of hydrogen-bond donors (Lipinski definition) is 1. The third-order valence-electron chi connectivity index (χ3n) is 2.61. The molecule has 2 aromatic rings. The second-order valence-corrected chi connectivity index (χ2v) is 3.93. The first-order valence-corrected chi connectivity index (χ1v) is 5.63. The molecular weight excluding hydrogens is 214 g/mol. The van der Waals surface area contributed by atoms with Crippen molar-refractivity contribution < 1.29 is 4.74 Å². The van der Waals surface area contributed by atoms with Crippen molar-refractivity contribution in [3.8, 4) is 5.75 Å². The SMILES string of the molecule is COc1ccc(CCNc2cnn(C)c2)cc1. The molecule has 0 radical (unpaired) electrons. The molecule has 0 saturated carbocycles. The van der Waals surface area contributed by atoms with Gasteiger partial charge in [-0.05, 0) is 24.1 Å². The van der Waals surface area contributed by atoms with Crippen LogP contribution in [0.3, 0.4) is 0 Å². The lowest BCUT2D eigenvalue weighted by atomic mass is 10.1. The van der Waals surface area contributed by atoms with Crippen molar-refractivity contribution in [1.82, 2.24) is 9.78 Å². The monoisotopic (exact) mass is 231 g/mol. The van der Waals surface area contributed by atoms with Crippen LogP contribution in [0.5, 0.6) is 5.75 Å². The maximum absolute atomic E-state index is 5.12. The fourth-order valence-corrected chi connectivity index (χ4v) is 1.66. The molecular formula is C13H17N3O. The van der Waals surface area contributed by atoms with E-state index in [4.69, 9.17) is 4.74 Å². The minimum atomic E-state index is 0.897. The zero-order chi connectivity index (χ0) is 12.1. The summed E-state index contributed by atoms with van der Waals surface area (Å²) in [5, 5.41) is 7.43. The summed E-state index contributed by atoms with van der Waals surface area (Å²) >= 11 is 0. The average Bonchev–Trinajstić information content (AvgIpc) is 2.76. The predicted molar refractivity (Wildman–Crippen MR) is 68.4 cm³/mol. The highest BCUT2D eigenvalue weighted by Crippen LogP contribution is 2.12. The zero-order valence-electron chi connectivity index (χ0n) is 10.2. The van der Waals surface area contributed by atoms with Gasteiger partial charge in [0.05, 0.1) is 19.0 Å². The van der Waals surface area contributed by atoms with Gasteiger partial charge in [-0.1, -0.05) is 12.1 Å². The first kappa shape index (κ1) is 11.5. The van der Waals surface area contributed by atoms with Crippen LogP contribution in [0.1, 0.15) is 5.56 Å². The van der Waals surface area contributed by atoms with Crippen LogP contribution in [0.4, 0.5) is 5.69 Å². The second kappa shape index (κ2) is 5.39. The summed E-state index contributed by atoms with van der Waals surface area (Å²) in [5.41, 5.74) is 2.35. The molecule has 0 unspecified atom stereocenters. The highest BCUT2D eigenvalue weighted by molar-refractivity contribution is 5.38. The van der Waals surface area contributed by atoms with Crippen LogP contribution in [0, 0.1) is 0 Å². The summed E-state index contributed by atoms with van der Waals surface area (Å²) in [4.78, 5) is 0. The molecule has 1 N–H and O–H groups in total. The lowest BCUT2D eigenvalue weighted by molar-refractivity contribution is 0.414. The number of nitrogens with zero attached hydrogens (tertiary/aromatic N) is 2. The molecule has 90 valence electrons. The highest BCUT2D eigenvalue weighted by atomic mass is 16.5. The largest absolute Gasteiger partial charge is 0.497 e. The molecule has 0 aliphatic heterocycles. The Morgan fingerprint density at radius 3 is 2.65 bits per heavy atom. The Hall–Kier alpha value is -1.97. The first-order chi connectivity index (χ1) is 8.28. The lowest BCUT2D eigenvalue weighted by Crippen LogP contribution is -2.04. The Bertz CT molecular complexity index is 462. The Balaban J connectivity index is 1.81. The van der Waals surface area contributed by atoms with Crippen LogP contribution >= 0.6 is 0 Å². The van der Waals surface area contributed by atoms with Gasteiger partial charge in [0.1, 0.15) is 5.75 Å². The van der Waals surface area contributed by atoms with E-state index < -0.39 is 0 Å². The topological polar surface area (TPSA) is 39.1 Å². The van der Waals surface area contributed by atoms with Crippen molar-refractivity contribution in [2.24, 2.45) is 7.05 Å². The van der Waals surface area contributed by atoms with Crippen molar-refractivity contribution in [2.45, 2.75) is 6.42 Å². The van der Waals surface area contributed by atoms with Crippen LogP contribution in [0.25, 0.3) is 0 Å². The van der Waals surface area contributed by atoms with E-state index in [-0.39, 0.29) is 0 Å². The van der Waals surface area contributed by atoms with E-state index >= 15 is 0 Å². The number of anilines is 1. The van der Waals surface area contributed by atoms with E-state index in [1.54, 1.807) is 11.8 Å². The van der Waals surface area contributed by atoms with E-state index in [9.17, 15) is 0 Å². The van der Waals surface area contributed by atoms with E-state index in [1.807, 2.05) is 31.6 Å². The fraction of sp³-hybridized carbons (Fsp3) is 0.308. The van der Waals surface area contributed by atoms with Crippen molar-refractivity contribution in [1.29, 1.82) is 0 Å². The summed E-state index contributed by atoms with van der Waals surface area (Å²) in [6.45, 7) is 0.901. The van der Waals surface area contributed by atoms with Crippen LogP contribution in [0.2, 0.25) is 0 Å². The molecule has 0 aliphatic carbocycles. The average molecular weight is 231 g/mol. The Labute approximate surface area is 101 Å². The zero-order valence-corrected chi connectivity index (χ0v) is 10.2. The predicted octanol–water partition coefficient (Wildman–Crippen LogP) is 2.08. The normalized spacial score (nSPS) is 10.2. The van der Waals surface area contributed by atoms with Crippen molar-refractivity contribution >= 4 is 5.69 Å². The van der Waals surface area contributed by atoms with Gasteiger partial charge in [-0.15, -0.1) is 0 Å². The summed E-state index contributed by atoms with van der Waals surface area (Å²) in [6, 6.07) is 8.15. The molecule has 17 heavy (non-hydrogen) atoms. The van der Waals surface area contributed by atoms with Gasteiger partial charge in [-0.3, -0.25) is 4.68 Å². The molecule has 1 aromatic carbocycles. The molecule has 0 fully saturated rings. The van der Waals surface area contributed by atoms with Crippen molar-refractivity contribution in [2.75, 3.05) is 19.0 Å². The number of methoxy groups -OCH3 is 1. The quantitative estimate of drug-likeness (QED) is 0.856. The number of benzene rings is 1. The number of aromatic nitrogens is 2. The van der Waals surface area contributed by atoms with Crippen molar-refractivity contribution in [3.63, 3.8) is 0 Å². The fourth-order valence-electron chi connectivity index (χ4n) is 1.66. The number of rotatable bonds is 5. The van der Waals surface area contributed by atoms with Gasteiger partial charge < -0.3 is 10.1 Å². The molecule has 0 aliphatic rings. The van der Waals surface area contributed by atoms with E-state index in [1.165, 1.54) is 5.56 Å². The maximum Gasteiger partial charge on any atom is 0.118 e. The number of hydrogen-bond acceptors (Lipinski definition) is 3. The molecule has 4 heteroatoms. The summed E-state index contributed by atoms with van der Waals surface area (Å²) in [7, 11) is 3.59. The molecule has 0 saturated heterocycles. The maximum atomic E-state index is 5.12. The minimum Gasteiger partial charge on any atom is -0.497 e. The molecule has 1 heterocycles. The van der Waals surface area contributed by atoms with Crippen molar-refractivity contribution in [3.05, 3.63) is 42.2 Å². The number of nitrogens with one attached hydrogen (secondary N) is 1. The van der Waals surface area contributed by atoms with E-state index in [2.05, 4.69) is 22.5 Å².